The van der Waals surface area contributed by atoms with E-state index < -0.39 is 0 Å². The summed E-state index contributed by atoms with van der Waals surface area (Å²) in [5, 5.41) is 7.17. The van der Waals surface area contributed by atoms with Crippen molar-refractivity contribution in [1.82, 2.24) is 10.6 Å². The molecule has 0 aliphatic heterocycles. The van der Waals surface area contributed by atoms with Crippen molar-refractivity contribution >= 4 is 28.7 Å². The molecule has 0 bridgehead atoms. The Morgan fingerprint density at radius 2 is 1.61 bits per heavy atom. The summed E-state index contributed by atoms with van der Waals surface area (Å²) < 4.78 is 5.70. The van der Waals surface area contributed by atoms with Crippen molar-refractivity contribution in [3.05, 3.63) is 83.6 Å². The van der Waals surface area contributed by atoms with E-state index in [-0.39, 0.29) is 17.5 Å². The van der Waals surface area contributed by atoms with Crippen LogP contribution in [0.15, 0.2) is 72.4 Å². The van der Waals surface area contributed by atoms with Crippen LogP contribution in [0, 0.1) is 0 Å². The number of fused-ring (bicyclic) bond motifs is 1. The third-order valence-corrected chi connectivity index (χ3v) is 4.27. The first-order chi connectivity index (χ1) is 13.6. The van der Waals surface area contributed by atoms with Crippen LogP contribution in [0.2, 0.25) is 0 Å². The molecule has 5 heteroatoms. The van der Waals surface area contributed by atoms with Crippen LogP contribution in [0.25, 0.3) is 16.8 Å². The molecule has 28 heavy (non-hydrogen) atoms. The number of benzene rings is 3. The molecular formula is C23H22N2O3. The van der Waals surface area contributed by atoms with Crippen LogP contribution in [-0.4, -0.2) is 25.5 Å². The number of nitrogens with one attached hydrogen (secondary N) is 2. The molecule has 0 heterocycles. The zero-order chi connectivity index (χ0) is 19.9. The van der Waals surface area contributed by atoms with Crippen molar-refractivity contribution < 1.29 is 14.3 Å². The van der Waals surface area contributed by atoms with Gasteiger partial charge in [0.2, 0.25) is 0 Å². The Morgan fingerprint density at radius 3 is 2.29 bits per heavy atom. The summed E-state index contributed by atoms with van der Waals surface area (Å²) in [5.74, 6) is 0.0676. The van der Waals surface area contributed by atoms with Gasteiger partial charge in [-0.2, -0.15) is 0 Å². The van der Waals surface area contributed by atoms with Crippen molar-refractivity contribution in [2.24, 2.45) is 0 Å². The predicted molar refractivity (Wildman–Crippen MR) is 111 cm³/mol. The number of hydrogen-bond acceptors (Lipinski definition) is 3. The van der Waals surface area contributed by atoms with Crippen LogP contribution in [0.4, 0.5) is 0 Å². The van der Waals surface area contributed by atoms with E-state index in [4.69, 9.17) is 4.74 Å². The Bertz CT molecular complexity index is 1030. The molecule has 0 saturated carbocycles. The molecule has 0 aromatic heterocycles. The predicted octanol–water partition coefficient (Wildman–Crippen LogP) is 3.76. The molecule has 0 radical (unpaired) electrons. The molecule has 0 atom stereocenters. The van der Waals surface area contributed by atoms with Crippen LogP contribution in [0.5, 0.6) is 5.75 Å². The van der Waals surface area contributed by atoms with E-state index in [0.29, 0.717) is 12.2 Å². The highest BCUT2D eigenvalue weighted by molar-refractivity contribution is 6.07. The van der Waals surface area contributed by atoms with Gasteiger partial charge in [0.1, 0.15) is 11.4 Å². The number of ether oxygens (including phenoxy) is 1. The SMILES string of the molecule is CCOc1ccc(C=C(NC(=O)c2ccccc2)C(=O)NC)c2ccccc12. The van der Waals surface area contributed by atoms with E-state index in [2.05, 4.69) is 10.6 Å². The molecule has 3 rings (SSSR count). The molecule has 0 fully saturated rings. The monoisotopic (exact) mass is 374 g/mol. The second-order valence-electron chi connectivity index (χ2n) is 6.09. The van der Waals surface area contributed by atoms with Crippen LogP contribution in [0.3, 0.4) is 0 Å². The molecule has 5 nitrogen and oxygen atoms in total. The second-order valence-corrected chi connectivity index (χ2v) is 6.09. The maximum atomic E-state index is 12.5. The molecular weight excluding hydrogens is 352 g/mol. The van der Waals surface area contributed by atoms with Gasteiger partial charge in [-0.3, -0.25) is 9.59 Å². The summed E-state index contributed by atoms with van der Waals surface area (Å²) in [4.78, 5) is 24.9. The van der Waals surface area contributed by atoms with Gasteiger partial charge in [0.15, 0.2) is 0 Å². The first-order valence-corrected chi connectivity index (χ1v) is 9.08. The maximum absolute atomic E-state index is 12.5. The lowest BCUT2D eigenvalue weighted by atomic mass is 10.0. The third-order valence-electron chi connectivity index (χ3n) is 4.27. The first-order valence-electron chi connectivity index (χ1n) is 9.08. The fourth-order valence-electron chi connectivity index (χ4n) is 2.93. The van der Waals surface area contributed by atoms with Crippen LogP contribution >= 0.6 is 0 Å². The molecule has 2 amide bonds. The summed E-state index contributed by atoms with van der Waals surface area (Å²) in [6.07, 6.45) is 1.68. The molecule has 0 saturated heterocycles. The fraction of sp³-hybridized carbons (Fsp3) is 0.130. The van der Waals surface area contributed by atoms with Gasteiger partial charge in [0.25, 0.3) is 11.8 Å². The number of likely N-dealkylation sites (N-methyl/N-ethyl adjacent to an activating group) is 1. The van der Waals surface area contributed by atoms with E-state index in [1.54, 1.807) is 30.3 Å². The minimum absolute atomic E-state index is 0.172. The summed E-state index contributed by atoms with van der Waals surface area (Å²) >= 11 is 0. The second kappa shape index (κ2) is 8.86. The van der Waals surface area contributed by atoms with Crippen molar-refractivity contribution in [3.8, 4) is 5.75 Å². The maximum Gasteiger partial charge on any atom is 0.267 e. The Hall–Kier alpha value is -3.60. The van der Waals surface area contributed by atoms with Gasteiger partial charge in [0, 0.05) is 18.0 Å². The number of carbonyl (C=O) groups excluding carboxylic acids is 2. The number of hydrogen-bond donors (Lipinski definition) is 2. The van der Waals surface area contributed by atoms with E-state index >= 15 is 0 Å². The van der Waals surface area contributed by atoms with Gasteiger partial charge < -0.3 is 15.4 Å². The van der Waals surface area contributed by atoms with Crippen molar-refractivity contribution in [1.29, 1.82) is 0 Å². The quantitative estimate of drug-likeness (QED) is 0.646. The summed E-state index contributed by atoms with van der Waals surface area (Å²) in [7, 11) is 1.53. The fourth-order valence-corrected chi connectivity index (χ4v) is 2.93. The number of amides is 2. The largest absolute Gasteiger partial charge is 0.493 e. The minimum Gasteiger partial charge on any atom is -0.493 e. The Morgan fingerprint density at radius 1 is 0.929 bits per heavy atom. The zero-order valence-electron chi connectivity index (χ0n) is 15.9. The van der Waals surface area contributed by atoms with E-state index in [1.165, 1.54) is 7.05 Å². The molecule has 142 valence electrons. The summed E-state index contributed by atoms with van der Waals surface area (Å²) in [6, 6.07) is 20.3. The van der Waals surface area contributed by atoms with E-state index in [0.717, 1.165) is 22.1 Å². The Kier molecular flexibility index (Phi) is 6.07. The van der Waals surface area contributed by atoms with Gasteiger partial charge in [-0.05, 0) is 42.1 Å². The van der Waals surface area contributed by atoms with Crippen molar-refractivity contribution in [2.75, 3.05) is 13.7 Å². The topological polar surface area (TPSA) is 67.4 Å². The Balaban J connectivity index is 2.03. The summed E-state index contributed by atoms with van der Waals surface area (Å²) in [6.45, 7) is 2.50. The lowest BCUT2D eigenvalue weighted by molar-refractivity contribution is -0.117. The molecule has 0 aliphatic rings. The Labute approximate surface area is 164 Å². The van der Waals surface area contributed by atoms with Gasteiger partial charge in [-0.15, -0.1) is 0 Å². The number of carbonyl (C=O) groups is 2. The van der Waals surface area contributed by atoms with Gasteiger partial charge in [-0.25, -0.2) is 0 Å². The van der Waals surface area contributed by atoms with E-state index in [1.807, 2.05) is 49.4 Å². The molecule has 0 spiro atoms. The first kappa shape index (κ1) is 19.2. The van der Waals surface area contributed by atoms with Crippen LogP contribution in [0.1, 0.15) is 22.8 Å². The van der Waals surface area contributed by atoms with Gasteiger partial charge >= 0.3 is 0 Å². The highest BCUT2D eigenvalue weighted by Gasteiger charge is 2.14. The molecule has 0 unspecified atom stereocenters. The van der Waals surface area contributed by atoms with Gasteiger partial charge in [-0.1, -0.05) is 48.5 Å². The highest BCUT2D eigenvalue weighted by atomic mass is 16.5. The molecule has 2 N–H and O–H groups in total. The summed E-state index contributed by atoms with van der Waals surface area (Å²) in [5.41, 5.74) is 1.46. The molecule has 3 aromatic carbocycles. The van der Waals surface area contributed by atoms with Crippen LogP contribution in [-0.2, 0) is 4.79 Å². The molecule has 0 aliphatic carbocycles. The van der Waals surface area contributed by atoms with Gasteiger partial charge in [0.05, 0.1) is 6.61 Å². The molecule has 3 aromatic rings. The smallest absolute Gasteiger partial charge is 0.267 e. The standard InChI is InChI=1S/C23H22N2O3/c1-3-28-21-14-13-17(18-11-7-8-12-19(18)21)15-20(23(27)24-2)25-22(26)16-9-5-4-6-10-16/h4-15H,3H2,1-2H3,(H,24,27)(H,25,26). The lowest BCUT2D eigenvalue weighted by Crippen LogP contribution is -2.33. The normalized spacial score (nSPS) is 11.1. The van der Waals surface area contributed by atoms with Crippen LogP contribution < -0.4 is 15.4 Å². The highest BCUT2D eigenvalue weighted by Crippen LogP contribution is 2.29. The average molecular weight is 374 g/mol. The average Bonchev–Trinajstić information content (AvgIpc) is 2.75. The zero-order valence-corrected chi connectivity index (χ0v) is 15.9. The van der Waals surface area contributed by atoms with Crippen molar-refractivity contribution in [3.63, 3.8) is 0 Å². The lowest BCUT2D eigenvalue weighted by Gasteiger charge is -2.12. The minimum atomic E-state index is -0.373. The van der Waals surface area contributed by atoms with E-state index in [9.17, 15) is 9.59 Å². The number of rotatable bonds is 6. The van der Waals surface area contributed by atoms with Crippen molar-refractivity contribution in [2.45, 2.75) is 6.92 Å². The third kappa shape index (κ3) is 4.20.